The number of nitrogens with one attached hydrogen (secondary N) is 1. The van der Waals surface area contributed by atoms with Crippen LogP contribution in [0.15, 0.2) is 18.2 Å². The van der Waals surface area contributed by atoms with Crippen molar-refractivity contribution in [2.75, 3.05) is 5.32 Å². The third-order valence-corrected chi connectivity index (χ3v) is 2.64. The van der Waals surface area contributed by atoms with Gasteiger partial charge in [-0.3, -0.25) is 5.32 Å². The van der Waals surface area contributed by atoms with Gasteiger partial charge in [0.2, 0.25) is 0 Å². The van der Waals surface area contributed by atoms with Gasteiger partial charge in [0, 0.05) is 11.2 Å². The lowest BCUT2D eigenvalue weighted by Crippen LogP contribution is -2.34. The smallest absolute Gasteiger partial charge is 0.412 e. The molecule has 0 spiro atoms. The quantitative estimate of drug-likeness (QED) is 0.887. The van der Waals surface area contributed by atoms with E-state index < -0.39 is 11.7 Å². The number of carbonyl (C=O) groups excluding carboxylic acids is 1. The number of rotatable bonds is 3. The second kappa shape index (κ2) is 5.83. The van der Waals surface area contributed by atoms with Crippen molar-refractivity contribution in [3.05, 3.63) is 29.3 Å². The summed E-state index contributed by atoms with van der Waals surface area (Å²) in [5.41, 5.74) is 8.30. The summed E-state index contributed by atoms with van der Waals surface area (Å²) < 4.78 is 5.24. The summed E-state index contributed by atoms with van der Waals surface area (Å²) in [5, 5.41) is 2.75. The lowest BCUT2D eigenvalue weighted by molar-refractivity contribution is 0.0636. The molecule has 4 heteroatoms. The van der Waals surface area contributed by atoms with Crippen LogP contribution in [0.1, 0.15) is 45.7 Å². The predicted molar refractivity (Wildman–Crippen MR) is 83.0 cm³/mol. The number of ether oxygens (including phenoxy) is 1. The Morgan fingerprint density at radius 1 is 1.25 bits per heavy atom. The number of carbonyl (C=O) groups is 1. The summed E-state index contributed by atoms with van der Waals surface area (Å²) in [4.78, 5) is 11.8. The van der Waals surface area contributed by atoms with Gasteiger partial charge in [-0.1, -0.05) is 6.07 Å². The molecule has 0 aliphatic heterocycles. The van der Waals surface area contributed by atoms with Gasteiger partial charge in [-0.2, -0.15) is 0 Å². The molecule has 0 heterocycles. The third kappa shape index (κ3) is 6.06. The van der Waals surface area contributed by atoms with E-state index in [-0.39, 0.29) is 5.54 Å². The Hall–Kier alpha value is -1.55. The molecule has 3 N–H and O–H groups in total. The highest BCUT2D eigenvalue weighted by Crippen LogP contribution is 2.20. The van der Waals surface area contributed by atoms with E-state index in [1.165, 1.54) is 5.56 Å². The van der Waals surface area contributed by atoms with E-state index in [2.05, 4.69) is 5.32 Å². The Morgan fingerprint density at radius 2 is 1.85 bits per heavy atom. The third-order valence-electron chi connectivity index (χ3n) is 2.64. The first-order chi connectivity index (χ1) is 8.96. The van der Waals surface area contributed by atoms with Crippen LogP contribution in [0.3, 0.4) is 0 Å². The molecule has 0 unspecified atom stereocenters. The lowest BCUT2D eigenvalue weighted by atomic mass is 9.93. The fraction of sp³-hybridized carbons (Fsp3) is 0.562. The van der Waals surface area contributed by atoms with Gasteiger partial charge < -0.3 is 10.5 Å². The standard InChI is InChI=1S/C16H26N2O2/c1-11-7-8-13(9-12(11)10-16(5,6)17)18-14(19)20-15(2,3)4/h7-9H,10,17H2,1-6H3,(H,18,19). The highest BCUT2D eigenvalue weighted by atomic mass is 16.6. The normalized spacial score (nSPS) is 12.2. The molecule has 0 aliphatic carbocycles. The minimum absolute atomic E-state index is 0.282. The molecule has 0 fully saturated rings. The maximum absolute atomic E-state index is 11.8. The van der Waals surface area contributed by atoms with E-state index in [1.54, 1.807) is 0 Å². The number of aryl methyl sites for hydroxylation is 1. The van der Waals surface area contributed by atoms with Crippen LogP contribution >= 0.6 is 0 Å². The van der Waals surface area contributed by atoms with Crippen LogP contribution in [0.2, 0.25) is 0 Å². The molecule has 1 amide bonds. The van der Waals surface area contributed by atoms with Crippen molar-refractivity contribution in [1.82, 2.24) is 0 Å². The van der Waals surface area contributed by atoms with E-state index in [4.69, 9.17) is 10.5 Å². The second-order valence-corrected chi connectivity index (χ2v) is 6.93. The number of hydrogen-bond donors (Lipinski definition) is 2. The summed E-state index contributed by atoms with van der Waals surface area (Å²) in [6, 6.07) is 5.80. The summed E-state index contributed by atoms with van der Waals surface area (Å²) in [6.45, 7) is 11.5. The van der Waals surface area contributed by atoms with Crippen LogP contribution in [0, 0.1) is 6.92 Å². The Morgan fingerprint density at radius 3 is 2.35 bits per heavy atom. The van der Waals surface area contributed by atoms with E-state index in [9.17, 15) is 4.79 Å². The van der Waals surface area contributed by atoms with Gasteiger partial charge in [-0.15, -0.1) is 0 Å². The lowest BCUT2D eigenvalue weighted by Gasteiger charge is -2.22. The Labute approximate surface area is 121 Å². The molecule has 1 aromatic carbocycles. The average Bonchev–Trinajstić information content (AvgIpc) is 2.18. The number of benzene rings is 1. The zero-order valence-electron chi connectivity index (χ0n) is 13.3. The minimum atomic E-state index is -0.503. The summed E-state index contributed by atoms with van der Waals surface area (Å²) in [5.74, 6) is 0. The van der Waals surface area contributed by atoms with Crippen molar-refractivity contribution in [1.29, 1.82) is 0 Å². The number of nitrogens with two attached hydrogens (primary N) is 1. The van der Waals surface area contributed by atoms with Crippen LogP contribution in [0.4, 0.5) is 10.5 Å². The second-order valence-electron chi connectivity index (χ2n) is 6.93. The van der Waals surface area contributed by atoms with E-state index in [1.807, 2.05) is 59.7 Å². The van der Waals surface area contributed by atoms with E-state index in [0.29, 0.717) is 0 Å². The SMILES string of the molecule is Cc1ccc(NC(=O)OC(C)(C)C)cc1CC(C)(C)N. The molecule has 1 rings (SSSR count). The zero-order valence-corrected chi connectivity index (χ0v) is 13.3. The molecular formula is C16H26N2O2. The molecule has 0 saturated carbocycles. The van der Waals surface area contributed by atoms with Gasteiger partial charge in [0.15, 0.2) is 0 Å². The molecular weight excluding hydrogens is 252 g/mol. The number of amides is 1. The number of anilines is 1. The first-order valence-electron chi connectivity index (χ1n) is 6.85. The first-order valence-corrected chi connectivity index (χ1v) is 6.85. The van der Waals surface area contributed by atoms with Crippen molar-refractivity contribution >= 4 is 11.8 Å². The van der Waals surface area contributed by atoms with Crippen molar-refractivity contribution in [2.45, 2.75) is 59.1 Å². The van der Waals surface area contributed by atoms with Crippen LogP contribution in [0.5, 0.6) is 0 Å². The molecule has 0 aliphatic rings. The fourth-order valence-electron chi connectivity index (χ4n) is 1.85. The summed E-state index contributed by atoms with van der Waals surface area (Å²) >= 11 is 0. The largest absolute Gasteiger partial charge is 0.444 e. The van der Waals surface area contributed by atoms with Crippen molar-refractivity contribution in [3.63, 3.8) is 0 Å². The Kier molecular flexibility index (Phi) is 4.81. The van der Waals surface area contributed by atoms with Gasteiger partial charge in [0.05, 0.1) is 0 Å². The summed E-state index contributed by atoms with van der Waals surface area (Å²) in [6.07, 6.45) is 0.308. The maximum atomic E-state index is 11.8. The molecule has 1 aromatic rings. The Bertz CT molecular complexity index is 482. The molecule has 20 heavy (non-hydrogen) atoms. The van der Waals surface area contributed by atoms with Crippen LogP contribution in [0.25, 0.3) is 0 Å². The molecule has 0 radical (unpaired) electrons. The van der Waals surface area contributed by atoms with Gasteiger partial charge in [-0.25, -0.2) is 4.79 Å². The average molecular weight is 278 g/mol. The highest BCUT2D eigenvalue weighted by molar-refractivity contribution is 5.85. The molecule has 0 aromatic heterocycles. The van der Waals surface area contributed by atoms with E-state index in [0.717, 1.165) is 17.7 Å². The fourth-order valence-corrected chi connectivity index (χ4v) is 1.85. The zero-order chi connectivity index (χ0) is 15.6. The highest BCUT2D eigenvalue weighted by Gasteiger charge is 2.17. The van der Waals surface area contributed by atoms with Gasteiger partial charge in [0.25, 0.3) is 0 Å². The van der Waals surface area contributed by atoms with Gasteiger partial charge in [-0.05, 0) is 71.2 Å². The molecule has 0 saturated heterocycles. The van der Waals surface area contributed by atoms with Crippen molar-refractivity contribution < 1.29 is 9.53 Å². The molecule has 0 atom stereocenters. The predicted octanol–water partition coefficient (Wildman–Crippen LogP) is 3.62. The van der Waals surface area contributed by atoms with E-state index >= 15 is 0 Å². The van der Waals surface area contributed by atoms with Crippen LogP contribution < -0.4 is 11.1 Å². The summed E-state index contributed by atoms with van der Waals surface area (Å²) in [7, 11) is 0. The van der Waals surface area contributed by atoms with Crippen LogP contribution in [-0.2, 0) is 11.2 Å². The minimum Gasteiger partial charge on any atom is -0.444 e. The first kappa shape index (κ1) is 16.5. The molecule has 4 nitrogen and oxygen atoms in total. The maximum Gasteiger partial charge on any atom is 0.412 e. The van der Waals surface area contributed by atoms with Gasteiger partial charge >= 0.3 is 6.09 Å². The van der Waals surface area contributed by atoms with Crippen LogP contribution in [-0.4, -0.2) is 17.2 Å². The molecule has 112 valence electrons. The molecule has 0 bridgehead atoms. The van der Waals surface area contributed by atoms with Crippen molar-refractivity contribution in [3.8, 4) is 0 Å². The Balaban J connectivity index is 2.82. The number of hydrogen-bond acceptors (Lipinski definition) is 3. The van der Waals surface area contributed by atoms with Gasteiger partial charge in [0.1, 0.15) is 5.60 Å². The van der Waals surface area contributed by atoms with Crippen molar-refractivity contribution in [2.24, 2.45) is 5.73 Å². The monoisotopic (exact) mass is 278 g/mol. The topological polar surface area (TPSA) is 64.3 Å².